The Morgan fingerprint density at radius 1 is 1.36 bits per heavy atom. The van der Waals surface area contributed by atoms with Crippen LogP contribution in [0.25, 0.3) is 0 Å². The van der Waals surface area contributed by atoms with E-state index in [1.165, 1.54) is 12.8 Å². The van der Waals surface area contributed by atoms with Crippen LogP contribution in [0, 0.1) is 11.7 Å². The van der Waals surface area contributed by atoms with Crippen molar-refractivity contribution in [3.05, 3.63) is 35.6 Å². The van der Waals surface area contributed by atoms with Gasteiger partial charge in [-0.2, -0.15) is 0 Å². The normalized spacial score (nSPS) is 22.2. The quantitative estimate of drug-likeness (QED) is 0.760. The molecule has 0 bridgehead atoms. The summed E-state index contributed by atoms with van der Waals surface area (Å²) < 4.78 is 13.3. The average Bonchev–Trinajstić information content (AvgIpc) is 2.23. The zero-order chi connectivity index (χ0) is 9.80. The first kappa shape index (κ1) is 9.66. The summed E-state index contributed by atoms with van der Waals surface area (Å²) >= 11 is 0. The highest BCUT2D eigenvalue weighted by Gasteiger charge is 2.14. The van der Waals surface area contributed by atoms with Gasteiger partial charge in [0.25, 0.3) is 0 Å². The van der Waals surface area contributed by atoms with Crippen LogP contribution in [-0.2, 0) is 6.42 Å². The molecule has 1 unspecified atom stereocenters. The second-order valence-electron chi connectivity index (χ2n) is 4.01. The third-order valence-electron chi connectivity index (χ3n) is 2.87. The SMILES string of the molecule is Fc1ccccc1CC1CCCNC1. The highest BCUT2D eigenvalue weighted by Crippen LogP contribution is 2.18. The fourth-order valence-electron chi connectivity index (χ4n) is 2.07. The molecular weight excluding hydrogens is 177 g/mol. The van der Waals surface area contributed by atoms with Gasteiger partial charge in [-0.1, -0.05) is 18.2 Å². The minimum absolute atomic E-state index is 0.0573. The highest BCUT2D eigenvalue weighted by molar-refractivity contribution is 5.17. The van der Waals surface area contributed by atoms with E-state index < -0.39 is 0 Å². The molecule has 2 rings (SSSR count). The van der Waals surface area contributed by atoms with Crippen molar-refractivity contribution in [3.63, 3.8) is 0 Å². The molecule has 76 valence electrons. The van der Waals surface area contributed by atoms with Crippen LogP contribution in [0.4, 0.5) is 4.39 Å². The largest absolute Gasteiger partial charge is 0.316 e. The average molecular weight is 193 g/mol. The van der Waals surface area contributed by atoms with E-state index in [1.807, 2.05) is 12.1 Å². The van der Waals surface area contributed by atoms with Crippen LogP contribution in [0.15, 0.2) is 24.3 Å². The fourth-order valence-corrected chi connectivity index (χ4v) is 2.07. The van der Waals surface area contributed by atoms with Crippen molar-refractivity contribution in [2.75, 3.05) is 13.1 Å². The zero-order valence-electron chi connectivity index (χ0n) is 8.30. The molecule has 1 N–H and O–H groups in total. The first-order chi connectivity index (χ1) is 6.86. The zero-order valence-corrected chi connectivity index (χ0v) is 8.30. The molecule has 1 aromatic carbocycles. The summed E-state index contributed by atoms with van der Waals surface area (Å²) in [5.41, 5.74) is 0.862. The summed E-state index contributed by atoms with van der Waals surface area (Å²) in [6.45, 7) is 2.15. The Balaban J connectivity index is 1.99. The molecule has 0 aromatic heterocycles. The van der Waals surface area contributed by atoms with Crippen LogP contribution in [0.3, 0.4) is 0 Å². The summed E-state index contributed by atoms with van der Waals surface area (Å²) in [5, 5.41) is 3.35. The first-order valence-corrected chi connectivity index (χ1v) is 5.30. The van der Waals surface area contributed by atoms with Gasteiger partial charge < -0.3 is 5.32 Å². The van der Waals surface area contributed by atoms with Crippen LogP contribution >= 0.6 is 0 Å². The number of hydrogen-bond acceptors (Lipinski definition) is 1. The van der Waals surface area contributed by atoms with E-state index in [9.17, 15) is 4.39 Å². The smallest absolute Gasteiger partial charge is 0.126 e. The third kappa shape index (κ3) is 2.32. The van der Waals surface area contributed by atoms with Gasteiger partial charge in [0, 0.05) is 0 Å². The Morgan fingerprint density at radius 3 is 2.93 bits per heavy atom. The topological polar surface area (TPSA) is 12.0 Å². The molecule has 2 heteroatoms. The van der Waals surface area contributed by atoms with Crippen LogP contribution in [0.2, 0.25) is 0 Å². The molecule has 0 spiro atoms. The van der Waals surface area contributed by atoms with E-state index in [-0.39, 0.29) is 5.82 Å². The Hall–Kier alpha value is -0.890. The van der Waals surface area contributed by atoms with E-state index >= 15 is 0 Å². The van der Waals surface area contributed by atoms with Crippen molar-refractivity contribution < 1.29 is 4.39 Å². The van der Waals surface area contributed by atoms with Crippen molar-refractivity contribution in [1.82, 2.24) is 5.32 Å². The van der Waals surface area contributed by atoms with Crippen molar-refractivity contribution in [2.24, 2.45) is 5.92 Å². The second kappa shape index (κ2) is 4.56. The summed E-state index contributed by atoms with van der Waals surface area (Å²) in [5.74, 6) is 0.554. The van der Waals surface area contributed by atoms with Crippen LogP contribution < -0.4 is 5.32 Å². The summed E-state index contributed by atoms with van der Waals surface area (Å²) in [4.78, 5) is 0. The number of halogens is 1. The molecule has 0 radical (unpaired) electrons. The van der Waals surface area contributed by atoms with Crippen LogP contribution in [0.5, 0.6) is 0 Å². The van der Waals surface area contributed by atoms with Gasteiger partial charge in [0.05, 0.1) is 0 Å². The van der Waals surface area contributed by atoms with Gasteiger partial charge in [-0.05, 0) is 49.9 Å². The minimum Gasteiger partial charge on any atom is -0.316 e. The van der Waals surface area contributed by atoms with E-state index in [1.54, 1.807) is 12.1 Å². The molecule has 1 aliphatic rings. The van der Waals surface area contributed by atoms with Gasteiger partial charge in [-0.25, -0.2) is 4.39 Å². The van der Waals surface area contributed by atoms with E-state index in [4.69, 9.17) is 0 Å². The maximum absolute atomic E-state index is 13.3. The Morgan fingerprint density at radius 2 is 2.21 bits per heavy atom. The second-order valence-corrected chi connectivity index (χ2v) is 4.01. The molecule has 0 saturated carbocycles. The van der Waals surface area contributed by atoms with Crippen molar-refractivity contribution in [3.8, 4) is 0 Å². The molecule has 1 saturated heterocycles. The summed E-state index contributed by atoms with van der Waals surface area (Å²) in [6, 6.07) is 7.10. The number of benzene rings is 1. The highest BCUT2D eigenvalue weighted by atomic mass is 19.1. The molecule has 1 aromatic rings. The first-order valence-electron chi connectivity index (χ1n) is 5.30. The van der Waals surface area contributed by atoms with Gasteiger partial charge in [-0.15, -0.1) is 0 Å². The minimum atomic E-state index is -0.0573. The van der Waals surface area contributed by atoms with E-state index in [2.05, 4.69) is 5.32 Å². The lowest BCUT2D eigenvalue weighted by molar-refractivity contribution is 0.372. The van der Waals surface area contributed by atoms with Crippen LogP contribution in [0.1, 0.15) is 18.4 Å². The van der Waals surface area contributed by atoms with Crippen molar-refractivity contribution in [1.29, 1.82) is 0 Å². The maximum Gasteiger partial charge on any atom is 0.126 e. The number of hydrogen-bond donors (Lipinski definition) is 1. The Labute approximate surface area is 84.3 Å². The van der Waals surface area contributed by atoms with Gasteiger partial charge in [-0.3, -0.25) is 0 Å². The number of rotatable bonds is 2. The van der Waals surface area contributed by atoms with Gasteiger partial charge in [0.2, 0.25) is 0 Å². The van der Waals surface area contributed by atoms with Crippen molar-refractivity contribution in [2.45, 2.75) is 19.3 Å². The molecule has 1 nitrogen and oxygen atoms in total. The molecule has 0 amide bonds. The molecule has 1 heterocycles. The predicted octanol–water partition coefficient (Wildman–Crippen LogP) is 2.37. The van der Waals surface area contributed by atoms with E-state index in [0.29, 0.717) is 5.92 Å². The predicted molar refractivity (Wildman–Crippen MR) is 55.7 cm³/mol. The third-order valence-corrected chi connectivity index (χ3v) is 2.87. The molecular formula is C12H16FN. The molecule has 0 aliphatic carbocycles. The monoisotopic (exact) mass is 193 g/mol. The van der Waals surface area contributed by atoms with Gasteiger partial charge in [0.1, 0.15) is 5.82 Å². The van der Waals surface area contributed by atoms with Gasteiger partial charge in [0.15, 0.2) is 0 Å². The molecule has 1 fully saturated rings. The van der Waals surface area contributed by atoms with E-state index in [0.717, 1.165) is 25.1 Å². The van der Waals surface area contributed by atoms with Crippen molar-refractivity contribution >= 4 is 0 Å². The Bertz CT molecular complexity index is 292. The Kier molecular flexibility index (Phi) is 3.14. The standard InChI is InChI=1S/C12H16FN/c13-12-6-2-1-5-11(12)8-10-4-3-7-14-9-10/h1-2,5-6,10,14H,3-4,7-9H2. The molecule has 1 atom stereocenters. The molecule has 1 aliphatic heterocycles. The lowest BCUT2D eigenvalue weighted by atomic mass is 9.92. The lowest BCUT2D eigenvalue weighted by Crippen LogP contribution is -2.31. The fraction of sp³-hybridized carbons (Fsp3) is 0.500. The van der Waals surface area contributed by atoms with Crippen LogP contribution in [-0.4, -0.2) is 13.1 Å². The molecule has 14 heavy (non-hydrogen) atoms. The lowest BCUT2D eigenvalue weighted by Gasteiger charge is -2.22. The maximum atomic E-state index is 13.3. The summed E-state index contributed by atoms with van der Waals surface area (Å²) in [6.07, 6.45) is 3.32. The summed E-state index contributed by atoms with van der Waals surface area (Å²) in [7, 11) is 0. The number of piperidine rings is 1. The number of nitrogens with one attached hydrogen (secondary N) is 1. The van der Waals surface area contributed by atoms with Gasteiger partial charge >= 0.3 is 0 Å².